The van der Waals surface area contributed by atoms with Crippen LogP contribution in [0.1, 0.15) is 32.3 Å². The molecular weight excluding hydrogens is 285 g/mol. The van der Waals surface area contributed by atoms with E-state index in [9.17, 15) is 22.8 Å². The molecular formula is C14H19F3N2O2. The van der Waals surface area contributed by atoms with Crippen LogP contribution in [0, 0.1) is 0 Å². The number of hydrogen-bond acceptors (Lipinski definition) is 2. The van der Waals surface area contributed by atoms with Gasteiger partial charge in [0.1, 0.15) is 12.1 Å². The molecule has 0 fully saturated rings. The van der Waals surface area contributed by atoms with Crippen LogP contribution < -0.4 is 5.56 Å². The Hall–Kier alpha value is -1.79. The first kappa shape index (κ1) is 17.3. The van der Waals surface area contributed by atoms with E-state index < -0.39 is 17.3 Å². The maximum Gasteiger partial charge on any atom is 0.421 e. The highest BCUT2D eigenvalue weighted by molar-refractivity contribution is 5.75. The average molecular weight is 304 g/mol. The number of aromatic nitrogens is 1. The Morgan fingerprint density at radius 1 is 1.33 bits per heavy atom. The maximum absolute atomic E-state index is 12.6. The molecule has 0 saturated carbocycles. The summed E-state index contributed by atoms with van der Waals surface area (Å²) in [4.78, 5) is 25.3. The van der Waals surface area contributed by atoms with E-state index in [1.54, 1.807) is 6.92 Å². The summed E-state index contributed by atoms with van der Waals surface area (Å²) in [5, 5.41) is 0. The van der Waals surface area contributed by atoms with E-state index in [1.165, 1.54) is 11.1 Å². The zero-order chi connectivity index (χ0) is 16.0. The normalized spacial score (nSPS) is 11.5. The Morgan fingerprint density at radius 3 is 2.52 bits per heavy atom. The molecule has 118 valence electrons. The molecule has 0 saturated heterocycles. The zero-order valence-corrected chi connectivity index (χ0v) is 12.1. The molecule has 0 bridgehead atoms. The van der Waals surface area contributed by atoms with Crippen molar-refractivity contribution in [1.29, 1.82) is 0 Å². The van der Waals surface area contributed by atoms with Crippen LogP contribution in [-0.2, 0) is 17.5 Å². The summed E-state index contributed by atoms with van der Waals surface area (Å²) in [7, 11) is 0. The minimum atomic E-state index is -4.71. The first-order valence-corrected chi connectivity index (χ1v) is 6.85. The molecule has 1 amide bonds. The van der Waals surface area contributed by atoms with E-state index in [0.717, 1.165) is 29.5 Å². The lowest BCUT2D eigenvalue weighted by Gasteiger charge is -2.21. The molecule has 0 radical (unpaired) electrons. The molecule has 1 aromatic rings. The van der Waals surface area contributed by atoms with Gasteiger partial charge in [0.2, 0.25) is 5.91 Å². The summed E-state index contributed by atoms with van der Waals surface area (Å²) < 4.78 is 38.8. The van der Waals surface area contributed by atoms with Crippen molar-refractivity contribution in [2.45, 2.75) is 39.4 Å². The van der Waals surface area contributed by atoms with Crippen LogP contribution in [-0.4, -0.2) is 28.5 Å². The number of unbranched alkanes of at least 4 members (excludes halogenated alkanes) is 1. The molecule has 1 aromatic heterocycles. The Kier molecular flexibility index (Phi) is 5.99. The fourth-order valence-electron chi connectivity index (χ4n) is 1.93. The number of amides is 1. The van der Waals surface area contributed by atoms with E-state index in [0.29, 0.717) is 13.1 Å². The molecule has 0 atom stereocenters. The lowest BCUT2D eigenvalue weighted by atomic mass is 10.2. The highest BCUT2D eigenvalue weighted by Crippen LogP contribution is 2.25. The van der Waals surface area contributed by atoms with E-state index in [1.807, 2.05) is 6.92 Å². The number of rotatable bonds is 6. The number of carbonyl (C=O) groups excluding carboxylic acids is 1. The SMILES string of the molecule is CCCCN(CC)C(=O)Cn1cccc(C(F)(F)F)c1=O. The number of pyridine rings is 1. The molecule has 4 nitrogen and oxygen atoms in total. The number of halogens is 3. The van der Waals surface area contributed by atoms with Crippen LogP contribution in [0.4, 0.5) is 13.2 Å². The second-order valence-corrected chi connectivity index (χ2v) is 4.68. The summed E-state index contributed by atoms with van der Waals surface area (Å²) in [6.45, 7) is 4.41. The van der Waals surface area contributed by atoms with Crippen LogP contribution in [0.5, 0.6) is 0 Å². The molecule has 0 spiro atoms. The zero-order valence-electron chi connectivity index (χ0n) is 12.1. The highest BCUT2D eigenvalue weighted by atomic mass is 19.4. The Bertz CT molecular complexity index is 538. The number of alkyl halides is 3. The second-order valence-electron chi connectivity index (χ2n) is 4.68. The van der Waals surface area contributed by atoms with Crippen molar-refractivity contribution in [3.8, 4) is 0 Å². The number of likely N-dealkylation sites (N-methyl/N-ethyl adjacent to an activating group) is 1. The quantitative estimate of drug-likeness (QED) is 0.810. The fourth-order valence-corrected chi connectivity index (χ4v) is 1.93. The van der Waals surface area contributed by atoms with Gasteiger partial charge in [0.25, 0.3) is 5.56 Å². The molecule has 0 N–H and O–H groups in total. The summed E-state index contributed by atoms with van der Waals surface area (Å²) >= 11 is 0. The molecule has 0 aromatic carbocycles. The fraction of sp³-hybridized carbons (Fsp3) is 0.571. The number of hydrogen-bond donors (Lipinski definition) is 0. The van der Waals surface area contributed by atoms with Crippen molar-refractivity contribution in [3.63, 3.8) is 0 Å². The topological polar surface area (TPSA) is 42.3 Å². The monoisotopic (exact) mass is 304 g/mol. The second kappa shape index (κ2) is 7.28. The molecule has 0 aliphatic rings. The van der Waals surface area contributed by atoms with Crippen molar-refractivity contribution in [2.24, 2.45) is 0 Å². The Balaban J connectivity index is 2.93. The van der Waals surface area contributed by atoms with E-state index in [4.69, 9.17) is 0 Å². The standard InChI is InChI=1S/C14H19F3N2O2/c1-3-5-8-18(4-2)12(20)10-19-9-6-7-11(13(19)21)14(15,16)17/h6-7,9H,3-5,8,10H2,1-2H3. The number of nitrogens with zero attached hydrogens (tertiary/aromatic N) is 2. The Labute approximate surface area is 121 Å². The van der Waals surface area contributed by atoms with Crippen molar-refractivity contribution in [1.82, 2.24) is 9.47 Å². The third kappa shape index (κ3) is 4.61. The van der Waals surface area contributed by atoms with Gasteiger partial charge in [0.15, 0.2) is 0 Å². The van der Waals surface area contributed by atoms with Crippen LogP contribution >= 0.6 is 0 Å². The minimum Gasteiger partial charge on any atom is -0.341 e. The molecule has 21 heavy (non-hydrogen) atoms. The van der Waals surface area contributed by atoms with Crippen molar-refractivity contribution in [2.75, 3.05) is 13.1 Å². The van der Waals surface area contributed by atoms with E-state index >= 15 is 0 Å². The van der Waals surface area contributed by atoms with Gasteiger partial charge in [-0.25, -0.2) is 0 Å². The highest BCUT2D eigenvalue weighted by Gasteiger charge is 2.34. The molecule has 0 unspecified atom stereocenters. The summed E-state index contributed by atoms with van der Waals surface area (Å²) in [5.74, 6) is -0.354. The predicted molar refractivity (Wildman–Crippen MR) is 72.9 cm³/mol. The van der Waals surface area contributed by atoms with Gasteiger partial charge in [0.05, 0.1) is 0 Å². The van der Waals surface area contributed by atoms with Crippen LogP contribution in [0.25, 0.3) is 0 Å². The summed E-state index contributed by atoms with van der Waals surface area (Å²) in [6, 6.07) is 1.85. The van der Waals surface area contributed by atoms with Crippen molar-refractivity contribution in [3.05, 3.63) is 34.2 Å². The van der Waals surface area contributed by atoms with Gasteiger partial charge in [-0.05, 0) is 25.5 Å². The van der Waals surface area contributed by atoms with Crippen LogP contribution in [0.2, 0.25) is 0 Å². The van der Waals surface area contributed by atoms with E-state index in [-0.39, 0.29) is 12.5 Å². The third-order valence-corrected chi connectivity index (χ3v) is 3.15. The van der Waals surface area contributed by atoms with Crippen LogP contribution in [0.15, 0.2) is 23.1 Å². The average Bonchev–Trinajstić information content (AvgIpc) is 2.40. The first-order chi connectivity index (χ1) is 9.81. The van der Waals surface area contributed by atoms with Gasteiger partial charge in [-0.1, -0.05) is 13.3 Å². The van der Waals surface area contributed by atoms with Crippen LogP contribution in [0.3, 0.4) is 0 Å². The first-order valence-electron chi connectivity index (χ1n) is 6.85. The minimum absolute atomic E-state index is 0.354. The molecule has 7 heteroatoms. The third-order valence-electron chi connectivity index (χ3n) is 3.15. The molecule has 0 aliphatic heterocycles. The Morgan fingerprint density at radius 2 is 2.00 bits per heavy atom. The summed E-state index contributed by atoms with van der Waals surface area (Å²) in [6.07, 6.45) is -1.79. The van der Waals surface area contributed by atoms with Gasteiger partial charge >= 0.3 is 6.18 Å². The summed E-state index contributed by atoms with van der Waals surface area (Å²) in [5.41, 5.74) is -2.45. The van der Waals surface area contributed by atoms with Crippen molar-refractivity contribution >= 4 is 5.91 Å². The van der Waals surface area contributed by atoms with Crippen molar-refractivity contribution < 1.29 is 18.0 Å². The smallest absolute Gasteiger partial charge is 0.341 e. The van der Waals surface area contributed by atoms with Gasteiger partial charge in [-0.2, -0.15) is 13.2 Å². The van der Waals surface area contributed by atoms with Gasteiger partial charge in [-0.15, -0.1) is 0 Å². The molecule has 1 heterocycles. The lowest BCUT2D eigenvalue weighted by Crippen LogP contribution is -2.38. The predicted octanol–water partition coefficient (Wildman–Crippen LogP) is 2.52. The van der Waals surface area contributed by atoms with Gasteiger partial charge < -0.3 is 9.47 Å². The number of carbonyl (C=O) groups is 1. The van der Waals surface area contributed by atoms with Gasteiger partial charge in [0, 0.05) is 19.3 Å². The van der Waals surface area contributed by atoms with E-state index in [2.05, 4.69) is 0 Å². The lowest BCUT2D eigenvalue weighted by molar-refractivity contribution is -0.139. The molecule has 0 aliphatic carbocycles. The maximum atomic E-state index is 12.6. The largest absolute Gasteiger partial charge is 0.421 e. The van der Waals surface area contributed by atoms with Gasteiger partial charge in [-0.3, -0.25) is 9.59 Å². The molecule has 1 rings (SSSR count).